The second kappa shape index (κ2) is 7.39. The maximum absolute atomic E-state index is 11.6. The molecule has 1 amide bonds. The Labute approximate surface area is 98.0 Å². The van der Waals surface area contributed by atoms with Gasteiger partial charge in [0.25, 0.3) is 0 Å². The Morgan fingerprint density at radius 3 is 2.06 bits per heavy atom. The molecule has 4 nitrogen and oxygen atoms in total. The van der Waals surface area contributed by atoms with E-state index in [1.807, 2.05) is 34.0 Å². The summed E-state index contributed by atoms with van der Waals surface area (Å²) in [7, 11) is 0. The van der Waals surface area contributed by atoms with Crippen molar-refractivity contribution < 1.29 is 9.59 Å². The van der Waals surface area contributed by atoms with Crippen LogP contribution in [0.15, 0.2) is 0 Å². The molecule has 0 saturated carbocycles. The summed E-state index contributed by atoms with van der Waals surface area (Å²) in [6.45, 7) is 7.99. The minimum atomic E-state index is -0.539. The lowest BCUT2D eigenvalue weighted by Crippen LogP contribution is -2.46. The van der Waals surface area contributed by atoms with Crippen molar-refractivity contribution in [3.63, 3.8) is 0 Å². The van der Waals surface area contributed by atoms with Crippen molar-refractivity contribution in [2.45, 2.75) is 52.6 Å². The van der Waals surface area contributed by atoms with Crippen LogP contribution in [0.2, 0.25) is 0 Å². The van der Waals surface area contributed by atoms with Gasteiger partial charge in [0.1, 0.15) is 0 Å². The first kappa shape index (κ1) is 15.1. The highest BCUT2D eigenvalue weighted by Crippen LogP contribution is 2.05. The molecule has 0 aliphatic heterocycles. The van der Waals surface area contributed by atoms with Gasteiger partial charge in [-0.15, -0.1) is 0 Å². The summed E-state index contributed by atoms with van der Waals surface area (Å²) in [6, 6.07) is -1.08. The molecule has 0 bridgehead atoms. The lowest BCUT2D eigenvalue weighted by Gasteiger charge is -2.18. The van der Waals surface area contributed by atoms with Gasteiger partial charge in [-0.25, -0.2) is 0 Å². The molecule has 0 aromatic carbocycles. The van der Waals surface area contributed by atoms with Gasteiger partial charge in [0.2, 0.25) is 12.2 Å². The van der Waals surface area contributed by atoms with E-state index in [0.717, 1.165) is 0 Å². The maximum Gasteiger partial charge on any atom is 0.237 e. The van der Waals surface area contributed by atoms with Gasteiger partial charge in [0, 0.05) is 0 Å². The molecule has 0 aromatic rings. The van der Waals surface area contributed by atoms with Gasteiger partial charge < -0.3 is 11.1 Å². The van der Waals surface area contributed by atoms with E-state index in [1.165, 1.54) is 0 Å². The molecule has 0 rings (SSSR count). The van der Waals surface area contributed by atoms with E-state index in [4.69, 9.17) is 5.73 Å². The molecule has 0 heterocycles. The topological polar surface area (TPSA) is 72.2 Å². The van der Waals surface area contributed by atoms with Crippen LogP contribution in [0, 0.1) is 11.8 Å². The van der Waals surface area contributed by atoms with E-state index < -0.39 is 12.1 Å². The molecule has 93 valence electrons. The zero-order valence-electron chi connectivity index (χ0n) is 10.6. The lowest BCUT2D eigenvalue weighted by molar-refractivity contribution is -0.123. The third kappa shape index (κ3) is 6.56. The summed E-state index contributed by atoms with van der Waals surface area (Å²) in [5, 5.41) is 2.62. The van der Waals surface area contributed by atoms with Crippen molar-refractivity contribution in [3.05, 3.63) is 0 Å². The summed E-state index contributed by atoms with van der Waals surface area (Å²) in [4.78, 5) is 22.3. The fraction of sp³-hybridized carbons (Fsp3) is 0.833. The van der Waals surface area contributed by atoms with Gasteiger partial charge in [0.05, 0.1) is 12.1 Å². The second-order valence-corrected chi connectivity index (χ2v) is 5.04. The molecule has 0 unspecified atom stereocenters. The predicted molar refractivity (Wildman–Crippen MR) is 64.5 cm³/mol. The maximum atomic E-state index is 11.6. The minimum Gasteiger partial charge on any atom is -0.344 e. The Morgan fingerprint density at radius 2 is 1.69 bits per heavy atom. The summed E-state index contributed by atoms with van der Waals surface area (Å²) in [5.41, 5.74) is 5.71. The summed E-state index contributed by atoms with van der Waals surface area (Å²) in [5.74, 6) is 0.445. The fourth-order valence-electron chi connectivity index (χ4n) is 1.50. The highest BCUT2D eigenvalue weighted by atomic mass is 16.2. The smallest absolute Gasteiger partial charge is 0.237 e. The first-order valence-corrected chi connectivity index (χ1v) is 5.80. The number of nitrogens with two attached hydrogens (primary N) is 1. The van der Waals surface area contributed by atoms with Crippen LogP contribution < -0.4 is 11.1 Å². The summed E-state index contributed by atoms with van der Waals surface area (Å²) < 4.78 is 0. The summed E-state index contributed by atoms with van der Waals surface area (Å²) >= 11 is 0. The number of carbonyl (C=O) groups excluding carboxylic acids is 2. The van der Waals surface area contributed by atoms with Crippen LogP contribution in [0.3, 0.4) is 0 Å². The Balaban J connectivity index is 4.13. The minimum absolute atomic E-state index is 0.261. The standard InChI is InChI=1S/C12H23N2O2/c1-8(2)5-10(7-15)14-12(16)11(13)6-9(3)4/h8-11H,5-6,13H2,1-4H3,(H,14,16)/t10-,11+/m0/s1. The van der Waals surface area contributed by atoms with Crippen LogP contribution in [0.4, 0.5) is 0 Å². The Morgan fingerprint density at radius 1 is 1.19 bits per heavy atom. The van der Waals surface area contributed by atoms with Crippen molar-refractivity contribution in [3.8, 4) is 0 Å². The number of hydrogen-bond donors (Lipinski definition) is 2. The van der Waals surface area contributed by atoms with Crippen molar-refractivity contribution in [2.75, 3.05) is 0 Å². The number of carbonyl (C=O) groups is 1. The van der Waals surface area contributed by atoms with Gasteiger partial charge in [-0.05, 0) is 24.7 Å². The predicted octanol–water partition coefficient (Wildman–Crippen LogP) is 1.00. The van der Waals surface area contributed by atoms with Crippen LogP contribution in [0.1, 0.15) is 40.5 Å². The highest BCUT2D eigenvalue weighted by molar-refractivity contribution is 5.84. The third-order valence-corrected chi connectivity index (χ3v) is 2.23. The van der Waals surface area contributed by atoms with Crippen molar-refractivity contribution >= 4 is 12.2 Å². The first-order valence-electron chi connectivity index (χ1n) is 5.80. The molecule has 0 spiro atoms. The zero-order chi connectivity index (χ0) is 12.7. The molecule has 0 fully saturated rings. The zero-order valence-corrected chi connectivity index (χ0v) is 10.6. The SMILES string of the molecule is CC(C)C[C@@H]([C]=O)NC(=O)[C@H](N)CC(C)C. The molecule has 3 N–H and O–H groups in total. The highest BCUT2D eigenvalue weighted by Gasteiger charge is 2.19. The molecule has 0 saturated heterocycles. The lowest BCUT2D eigenvalue weighted by atomic mass is 10.0. The molecule has 1 radical (unpaired) electrons. The molecule has 2 atom stereocenters. The van der Waals surface area contributed by atoms with Crippen molar-refractivity contribution in [1.82, 2.24) is 5.32 Å². The van der Waals surface area contributed by atoms with Crippen LogP contribution in [-0.4, -0.2) is 24.3 Å². The molecular formula is C12H23N2O2. The van der Waals surface area contributed by atoms with Crippen LogP contribution in [-0.2, 0) is 9.59 Å². The molecule has 16 heavy (non-hydrogen) atoms. The molecule has 4 heteroatoms. The molecule has 0 aliphatic carbocycles. The molecule has 0 aromatic heterocycles. The van der Waals surface area contributed by atoms with E-state index >= 15 is 0 Å². The number of hydrogen-bond acceptors (Lipinski definition) is 3. The Hall–Kier alpha value is -0.900. The van der Waals surface area contributed by atoms with E-state index in [-0.39, 0.29) is 5.91 Å². The Kier molecular flexibility index (Phi) is 6.97. The van der Waals surface area contributed by atoms with E-state index in [1.54, 1.807) is 0 Å². The molecule has 0 aliphatic rings. The monoisotopic (exact) mass is 227 g/mol. The van der Waals surface area contributed by atoms with Gasteiger partial charge in [-0.3, -0.25) is 9.59 Å². The largest absolute Gasteiger partial charge is 0.344 e. The average Bonchev–Trinajstić information content (AvgIpc) is 2.14. The first-order chi connectivity index (χ1) is 7.36. The Bertz CT molecular complexity index is 227. The summed E-state index contributed by atoms with van der Waals surface area (Å²) in [6.07, 6.45) is 3.06. The van der Waals surface area contributed by atoms with E-state index in [0.29, 0.717) is 24.7 Å². The van der Waals surface area contributed by atoms with Gasteiger partial charge >= 0.3 is 0 Å². The van der Waals surface area contributed by atoms with Gasteiger partial charge in [-0.2, -0.15) is 0 Å². The van der Waals surface area contributed by atoms with E-state index in [9.17, 15) is 9.59 Å². The van der Waals surface area contributed by atoms with Crippen LogP contribution in [0.5, 0.6) is 0 Å². The quantitative estimate of drug-likeness (QED) is 0.681. The number of nitrogens with one attached hydrogen (secondary N) is 1. The van der Waals surface area contributed by atoms with Crippen LogP contribution in [0.25, 0.3) is 0 Å². The van der Waals surface area contributed by atoms with Crippen LogP contribution >= 0.6 is 0 Å². The van der Waals surface area contributed by atoms with Crippen molar-refractivity contribution in [1.29, 1.82) is 0 Å². The van der Waals surface area contributed by atoms with E-state index in [2.05, 4.69) is 5.32 Å². The number of rotatable bonds is 7. The average molecular weight is 227 g/mol. The number of amides is 1. The van der Waals surface area contributed by atoms with Gasteiger partial charge in [0.15, 0.2) is 0 Å². The second-order valence-electron chi connectivity index (χ2n) is 5.04. The normalized spacial score (nSPS) is 14.9. The fourth-order valence-corrected chi connectivity index (χ4v) is 1.50. The van der Waals surface area contributed by atoms with Gasteiger partial charge in [-0.1, -0.05) is 27.7 Å². The third-order valence-electron chi connectivity index (χ3n) is 2.23. The van der Waals surface area contributed by atoms with Crippen molar-refractivity contribution in [2.24, 2.45) is 17.6 Å². The molecular weight excluding hydrogens is 204 g/mol.